The van der Waals surface area contributed by atoms with Crippen molar-refractivity contribution in [2.24, 2.45) is 15.8 Å². The lowest BCUT2D eigenvalue weighted by Gasteiger charge is -2.48. The fraction of sp³-hybridized carbons (Fsp3) is 0.464. The number of benzene rings is 1. The third-order valence-electron chi connectivity index (χ3n) is 7.90. The van der Waals surface area contributed by atoms with E-state index in [1.54, 1.807) is 36.4 Å². The molecule has 1 atom stereocenters. The van der Waals surface area contributed by atoms with Gasteiger partial charge in [0.2, 0.25) is 6.29 Å². The van der Waals surface area contributed by atoms with E-state index in [4.69, 9.17) is 24.7 Å². The maximum atomic E-state index is 13.4. The molecule has 218 valence electrons. The number of amidine groups is 1. The van der Waals surface area contributed by atoms with Crippen molar-refractivity contribution in [1.82, 2.24) is 24.8 Å². The van der Waals surface area contributed by atoms with Gasteiger partial charge in [-0.15, -0.1) is 0 Å². The van der Waals surface area contributed by atoms with E-state index in [1.807, 2.05) is 23.2 Å². The van der Waals surface area contributed by atoms with Crippen molar-refractivity contribution in [3.63, 3.8) is 0 Å². The molecule has 4 aliphatic heterocycles. The van der Waals surface area contributed by atoms with Gasteiger partial charge < -0.3 is 18.8 Å². The highest BCUT2D eigenvalue weighted by Crippen LogP contribution is 2.38. The largest absolute Gasteiger partial charge is 0.491 e. The van der Waals surface area contributed by atoms with Gasteiger partial charge in [0.25, 0.3) is 0 Å². The molecule has 4 aliphatic rings. The predicted molar refractivity (Wildman–Crippen MR) is 155 cm³/mol. The van der Waals surface area contributed by atoms with Gasteiger partial charge >= 0.3 is 6.03 Å². The zero-order chi connectivity index (χ0) is 28.7. The second-order valence-corrected chi connectivity index (χ2v) is 11.0. The van der Waals surface area contributed by atoms with Crippen LogP contribution in [0.25, 0.3) is 5.70 Å². The van der Waals surface area contributed by atoms with E-state index in [0.717, 1.165) is 31.9 Å². The van der Waals surface area contributed by atoms with Gasteiger partial charge in [0.15, 0.2) is 11.6 Å². The molecule has 0 spiro atoms. The van der Waals surface area contributed by atoms with Crippen LogP contribution in [0.4, 0.5) is 10.5 Å². The maximum Gasteiger partial charge on any atom is 0.341 e. The monoisotopic (exact) mass is 563 g/mol. The van der Waals surface area contributed by atoms with Crippen LogP contribution >= 0.6 is 0 Å². The smallest absolute Gasteiger partial charge is 0.341 e. The van der Waals surface area contributed by atoms with E-state index in [2.05, 4.69) is 40.8 Å². The number of hydrogen-bond acceptors (Lipinski definition) is 11. The minimum Gasteiger partial charge on any atom is -0.491 e. The summed E-state index contributed by atoms with van der Waals surface area (Å²) in [4.78, 5) is 29.3. The van der Waals surface area contributed by atoms with E-state index < -0.39 is 6.29 Å². The molecule has 13 nitrogen and oxygen atoms in total. The number of carbonyl (C=O) groups excluding carboxylic acids is 1. The Morgan fingerprint density at radius 3 is 2.63 bits per heavy atom. The number of piperazine rings is 1. The van der Waals surface area contributed by atoms with Gasteiger partial charge in [-0.2, -0.15) is 0 Å². The Kier molecular flexibility index (Phi) is 7.09. The fourth-order valence-corrected chi connectivity index (χ4v) is 5.91. The lowest BCUT2D eigenvalue weighted by Crippen LogP contribution is -2.60. The second-order valence-electron chi connectivity index (χ2n) is 11.0. The first kappa shape index (κ1) is 27.1. The number of fused-ring (bicyclic) bond motifs is 3. The summed E-state index contributed by atoms with van der Waals surface area (Å²) in [7, 11) is 3.41. The maximum absolute atomic E-state index is 13.4. The second kappa shape index (κ2) is 10.7. The number of rotatable bonds is 9. The molecule has 13 heteroatoms. The molecule has 2 fully saturated rings. The van der Waals surface area contributed by atoms with E-state index in [0.29, 0.717) is 42.7 Å². The van der Waals surface area contributed by atoms with Gasteiger partial charge in [0.1, 0.15) is 30.1 Å². The normalized spacial score (nSPS) is 22.1. The summed E-state index contributed by atoms with van der Waals surface area (Å²) in [6.07, 6.45) is 2.57. The number of furan rings is 1. The summed E-state index contributed by atoms with van der Waals surface area (Å²) in [6.45, 7) is 9.47. The number of nitrogens with zero attached hydrogens (tertiary/aromatic N) is 8. The summed E-state index contributed by atoms with van der Waals surface area (Å²) in [5, 5.41) is 4.81. The van der Waals surface area contributed by atoms with Crippen LogP contribution < -0.4 is 15.5 Å². The number of carbonyl (C=O) groups is 1. The summed E-state index contributed by atoms with van der Waals surface area (Å²) >= 11 is 0. The average Bonchev–Trinajstić information content (AvgIpc) is 3.67. The SMILES string of the molecule is COCCOc1ccc(N2CCN(CCN3C(=O)N(C)N4C5=C(c6ccco6)N=CN(N)C5=NC34)CC2(C)C)cc1. The number of urea groups is 1. The summed E-state index contributed by atoms with van der Waals surface area (Å²) in [6, 6.07) is 11.8. The number of methoxy groups -OCH3 is 1. The van der Waals surface area contributed by atoms with Crippen LogP contribution in [0.1, 0.15) is 19.6 Å². The Hall–Kier alpha value is -4.07. The first-order chi connectivity index (χ1) is 19.8. The Morgan fingerprint density at radius 2 is 1.93 bits per heavy atom. The van der Waals surface area contributed by atoms with Gasteiger partial charge in [-0.3, -0.25) is 9.80 Å². The predicted octanol–water partition coefficient (Wildman–Crippen LogP) is 2.07. The molecule has 1 aromatic carbocycles. The van der Waals surface area contributed by atoms with Gasteiger partial charge in [0, 0.05) is 58.1 Å². The minimum absolute atomic E-state index is 0.100. The number of hydrogen-bond donors (Lipinski definition) is 1. The molecule has 0 bridgehead atoms. The number of hydrazine groups is 2. The molecule has 1 unspecified atom stereocenters. The van der Waals surface area contributed by atoms with Crippen LogP contribution in [0.3, 0.4) is 0 Å². The lowest BCUT2D eigenvalue weighted by molar-refractivity contribution is 0.0826. The van der Waals surface area contributed by atoms with Crippen LogP contribution in [0.15, 0.2) is 62.8 Å². The Balaban J connectivity index is 1.12. The average molecular weight is 564 g/mol. The van der Waals surface area contributed by atoms with Gasteiger partial charge in [-0.25, -0.2) is 35.6 Å². The van der Waals surface area contributed by atoms with E-state index in [9.17, 15) is 4.79 Å². The van der Waals surface area contributed by atoms with E-state index in [1.165, 1.54) is 17.0 Å². The van der Waals surface area contributed by atoms with Crippen molar-refractivity contribution >= 4 is 29.6 Å². The van der Waals surface area contributed by atoms with Gasteiger partial charge in [-0.1, -0.05) is 0 Å². The minimum atomic E-state index is -0.533. The molecule has 1 aromatic heterocycles. The molecule has 5 heterocycles. The standard InChI is InChI=1S/C28H37N9O4/c1-28(2)18-33(12-14-35(28)20-7-9-21(10-8-20)40-17-16-39-4)11-13-34-26-31-25-24(37(26)32(3)27(34)38)23(30-19-36(25)29)22-6-5-15-41-22/h5-10,15,19,26H,11-14,16-18,29H2,1-4H3. The number of ether oxygens (including phenoxy) is 2. The molecule has 2 amide bonds. The molecular formula is C28H37N9O4. The molecule has 2 saturated heterocycles. The van der Waals surface area contributed by atoms with Crippen molar-refractivity contribution < 1.29 is 18.7 Å². The quantitative estimate of drug-likeness (QED) is 0.361. The van der Waals surface area contributed by atoms with Crippen molar-refractivity contribution in [3.8, 4) is 5.75 Å². The lowest BCUT2D eigenvalue weighted by atomic mass is 9.97. The molecule has 0 aliphatic carbocycles. The van der Waals surface area contributed by atoms with E-state index in [-0.39, 0.29) is 11.6 Å². The third kappa shape index (κ3) is 4.89. The van der Waals surface area contributed by atoms with E-state index >= 15 is 0 Å². The van der Waals surface area contributed by atoms with Crippen LogP contribution in [-0.2, 0) is 4.74 Å². The summed E-state index contributed by atoms with van der Waals surface area (Å²) in [5.41, 5.74) is 2.31. The van der Waals surface area contributed by atoms with Crippen molar-refractivity contribution in [2.75, 3.05) is 65.0 Å². The molecule has 0 saturated carbocycles. The zero-order valence-corrected chi connectivity index (χ0v) is 23.9. The Bertz CT molecular complexity index is 1360. The summed E-state index contributed by atoms with van der Waals surface area (Å²) < 4.78 is 16.4. The number of nitrogens with two attached hydrogens (primary N) is 1. The highest BCUT2D eigenvalue weighted by molar-refractivity contribution is 6.12. The molecule has 6 rings (SSSR count). The highest BCUT2D eigenvalue weighted by atomic mass is 16.5. The first-order valence-electron chi connectivity index (χ1n) is 13.8. The Morgan fingerprint density at radius 1 is 1.12 bits per heavy atom. The number of amides is 2. The van der Waals surface area contributed by atoms with Gasteiger partial charge in [0.05, 0.1) is 12.9 Å². The number of anilines is 1. The molecule has 41 heavy (non-hydrogen) atoms. The van der Waals surface area contributed by atoms with Crippen molar-refractivity contribution in [1.29, 1.82) is 0 Å². The molecular weight excluding hydrogens is 526 g/mol. The first-order valence-corrected chi connectivity index (χ1v) is 13.8. The number of aliphatic imine (C=N–C) groups is 2. The van der Waals surface area contributed by atoms with Crippen LogP contribution in [0, 0.1) is 0 Å². The fourth-order valence-electron chi connectivity index (χ4n) is 5.91. The highest BCUT2D eigenvalue weighted by Gasteiger charge is 2.51. The molecule has 0 radical (unpaired) electrons. The van der Waals surface area contributed by atoms with Crippen LogP contribution in [0.2, 0.25) is 0 Å². The Labute approximate surface area is 239 Å². The summed E-state index contributed by atoms with van der Waals surface area (Å²) in [5.74, 6) is 8.17. The van der Waals surface area contributed by atoms with Gasteiger partial charge in [-0.05, 0) is 50.2 Å². The zero-order valence-electron chi connectivity index (χ0n) is 23.9. The van der Waals surface area contributed by atoms with Crippen LogP contribution in [0.5, 0.6) is 5.75 Å². The third-order valence-corrected chi connectivity index (χ3v) is 7.90. The van der Waals surface area contributed by atoms with Crippen LogP contribution in [-0.4, -0.2) is 115 Å². The topological polar surface area (TPSA) is 119 Å². The van der Waals surface area contributed by atoms with Crippen molar-refractivity contribution in [2.45, 2.75) is 25.7 Å². The van der Waals surface area contributed by atoms with Crippen molar-refractivity contribution in [3.05, 3.63) is 54.1 Å². The molecule has 2 aromatic rings. The molecule has 2 N–H and O–H groups in total.